The molecule has 0 radical (unpaired) electrons. The zero-order chi connectivity index (χ0) is 11.4. The standard InChI is InChI=1S/C12H17NO2/c1-3-4-11(13)10-6-8(2)5-9(7-14)12(10)15/h5-7,11,15H,3-4,13H2,1-2H3/t11-/m1/s1. The molecule has 1 aromatic carbocycles. The molecule has 15 heavy (non-hydrogen) atoms. The van der Waals surface area contributed by atoms with Gasteiger partial charge in [0, 0.05) is 11.6 Å². The third-order valence-electron chi connectivity index (χ3n) is 2.44. The summed E-state index contributed by atoms with van der Waals surface area (Å²) in [5.74, 6) is 0.0246. The topological polar surface area (TPSA) is 63.3 Å². The van der Waals surface area contributed by atoms with Crippen LogP contribution in [0.2, 0.25) is 0 Å². The highest BCUT2D eigenvalue weighted by Gasteiger charge is 2.13. The van der Waals surface area contributed by atoms with Crippen molar-refractivity contribution in [3.63, 3.8) is 0 Å². The van der Waals surface area contributed by atoms with Gasteiger partial charge in [-0.3, -0.25) is 4.79 Å². The van der Waals surface area contributed by atoms with E-state index in [1.54, 1.807) is 6.07 Å². The largest absolute Gasteiger partial charge is 0.507 e. The number of carbonyl (C=O) groups excluding carboxylic acids is 1. The Morgan fingerprint density at radius 2 is 2.20 bits per heavy atom. The van der Waals surface area contributed by atoms with Crippen LogP contribution in [0.3, 0.4) is 0 Å². The molecule has 3 nitrogen and oxygen atoms in total. The fourth-order valence-corrected chi connectivity index (χ4v) is 1.67. The van der Waals surface area contributed by atoms with E-state index in [2.05, 4.69) is 0 Å². The monoisotopic (exact) mass is 207 g/mol. The minimum atomic E-state index is -0.200. The summed E-state index contributed by atoms with van der Waals surface area (Å²) in [6.07, 6.45) is 2.41. The molecule has 0 aromatic heterocycles. The van der Waals surface area contributed by atoms with Crippen molar-refractivity contribution in [3.8, 4) is 5.75 Å². The Balaban J connectivity index is 3.16. The van der Waals surface area contributed by atoms with Gasteiger partial charge in [-0.1, -0.05) is 19.4 Å². The SMILES string of the molecule is CCC[C@@H](N)c1cc(C)cc(C=O)c1O. The summed E-state index contributed by atoms with van der Waals surface area (Å²) in [7, 11) is 0. The summed E-state index contributed by atoms with van der Waals surface area (Å²) in [6, 6.07) is 3.29. The number of hydrogen-bond acceptors (Lipinski definition) is 3. The van der Waals surface area contributed by atoms with Gasteiger partial charge < -0.3 is 10.8 Å². The lowest BCUT2D eigenvalue weighted by molar-refractivity contribution is 0.112. The summed E-state index contributed by atoms with van der Waals surface area (Å²) in [5, 5.41) is 9.80. The number of nitrogens with two attached hydrogens (primary N) is 1. The summed E-state index contributed by atoms with van der Waals surface area (Å²) in [6.45, 7) is 3.92. The predicted octanol–water partition coefficient (Wildman–Crippen LogP) is 2.31. The lowest BCUT2D eigenvalue weighted by atomic mass is 9.97. The Morgan fingerprint density at radius 1 is 1.53 bits per heavy atom. The number of hydrogen-bond donors (Lipinski definition) is 2. The molecule has 0 saturated carbocycles. The molecule has 0 amide bonds. The van der Waals surface area contributed by atoms with Gasteiger partial charge >= 0.3 is 0 Å². The molecular weight excluding hydrogens is 190 g/mol. The van der Waals surface area contributed by atoms with Crippen LogP contribution < -0.4 is 5.73 Å². The maximum Gasteiger partial charge on any atom is 0.153 e. The average Bonchev–Trinajstić information content (AvgIpc) is 2.21. The van der Waals surface area contributed by atoms with Crippen molar-refractivity contribution in [2.75, 3.05) is 0 Å². The first-order chi connectivity index (χ1) is 7.10. The third kappa shape index (κ3) is 2.57. The quantitative estimate of drug-likeness (QED) is 0.745. The summed E-state index contributed by atoms with van der Waals surface area (Å²) in [4.78, 5) is 10.7. The molecule has 0 heterocycles. The normalized spacial score (nSPS) is 12.5. The van der Waals surface area contributed by atoms with Crippen LogP contribution in [0.4, 0.5) is 0 Å². The van der Waals surface area contributed by atoms with E-state index in [1.165, 1.54) is 0 Å². The highest BCUT2D eigenvalue weighted by molar-refractivity contribution is 5.80. The summed E-state index contributed by atoms with van der Waals surface area (Å²) in [5.41, 5.74) is 7.85. The van der Waals surface area contributed by atoms with Crippen molar-refractivity contribution in [2.45, 2.75) is 32.7 Å². The van der Waals surface area contributed by atoms with Gasteiger partial charge in [0.05, 0.1) is 5.56 Å². The van der Waals surface area contributed by atoms with Crippen molar-refractivity contribution in [1.29, 1.82) is 0 Å². The van der Waals surface area contributed by atoms with E-state index in [0.717, 1.165) is 18.4 Å². The Kier molecular flexibility index (Phi) is 3.86. The molecule has 3 heteroatoms. The Hall–Kier alpha value is -1.35. The number of phenolic OH excluding ortho intramolecular Hbond substituents is 1. The second-order valence-corrected chi connectivity index (χ2v) is 3.81. The zero-order valence-corrected chi connectivity index (χ0v) is 9.16. The molecule has 0 saturated heterocycles. The second kappa shape index (κ2) is 4.94. The van der Waals surface area contributed by atoms with Crippen LogP contribution in [0.1, 0.15) is 47.3 Å². The third-order valence-corrected chi connectivity index (χ3v) is 2.44. The molecule has 0 unspecified atom stereocenters. The lowest BCUT2D eigenvalue weighted by Gasteiger charge is -2.14. The maximum atomic E-state index is 10.7. The van der Waals surface area contributed by atoms with E-state index in [9.17, 15) is 9.90 Å². The van der Waals surface area contributed by atoms with Gasteiger partial charge in [0.25, 0.3) is 0 Å². The fourth-order valence-electron chi connectivity index (χ4n) is 1.67. The number of aldehydes is 1. The highest BCUT2D eigenvalue weighted by Crippen LogP contribution is 2.29. The molecule has 0 aliphatic heterocycles. The van der Waals surface area contributed by atoms with E-state index in [-0.39, 0.29) is 11.8 Å². The number of aryl methyl sites for hydroxylation is 1. The zero-order valence-electron chi connectivity index (χ0n) is 9.16. The van der Waals surface area contributed by atoms with Crippen molar-refractivity contribution < 1.29 is 9.90 Å². The molecular formula is C12H17NO2. The van der Waals surface area contributed by atoms with Gasteiger partial charge in [-0.25, -0.2) is 0 Å². The van der Waals surface area contributed by atoms with Gasteiger partial charge in [-0.15, -0.1) is 0 Å². The fraction of sp³-hybridized carbons (Fsp3) is 0.417. The Labute approximate surface area is 89.9 Å². The lowest BCUT2D eigenvalue weighted by Crippen LogP contribution is -2.11. The Morgan fingerprint density at radius 3 is 2.73 bits per heavy atom. The van der Waals surface area contributed by atoms with E-state index in [4.69, 9.17) is 5.73 Å². The first kappa shape index (κ1) is 11.7. The highest BCUT2D eigenvalue weighted by atomic mass is 16.3. The molecule has 0 fully saturated rings. The van der Waals surface area contributed by atoms with Crippen molar-refractivity contribution >= 4 is 6.29 Å². The summed E-state index contributed by atoms with van der Waals surface area (Å²) < 4.78 is 0. The van der Waals surface area contributed by atoms with Gasteiger partial charge in [-0.2, -0.15) is 0 Å². The molecule has 3 N–H and O–H groups in total. The van der Waals surface area contributed by atoms with Crippen LogP contribution >= 0.6 is 0 Å². The van der Waals surface area contributed by atoms with Crippen molar-refractivity contribution in [2.24, 2.45) is 5.73 Å². The molecule has 1 rings (SSSR count). The molecule has 0 aliphatic carbocycles. The van der Waals surface area contributed by atoms with E-state index in [1.807, 2.05) is 19.9 Å². The molecule has 1 atom stereocenters. The van der Waals surface area contributed by atoms with Gasteiger partial charge in [-0.05, 0) is 25.0 Å². The van der Waals surface area contributed by atoms with E-state index < -0.39 is 0 Å². The van der Waals surface area contributed by atoms with Crippen LogP contribution in [-0.4, -0.2) is 11.4 Å². The second-order valence-electron chi connectivity index (χ2n) is 3.81. The van der Waals surface area contributed by atoms with Crippen LogP contribution in [0, 0.1) is 6.92 Å². The predicted molar refractivity (Wildman–Crippen MR) is 60.1 cm³/mol. The molecule has 0 aliphatic rings. The number of phenols is 1. The van der Waals surface area contributed by atoms with Gasteiger partial charge in [0.2, 0.25) is 0 Å². The first-order valence-electron chi connectivity index (χ1n) is 5.14. The maximum absolute atomic E-state index is 10.7. The Bertz CT molecular complexity index is 361. The van der Waals surface area contributed by atoms with Crippen LogP contribution in [0.25, 0.3) is 0 Å². The molecule has 0 spiro atoms. The van der Waals surface area contributed by atoms with E-state index in [0.29, 0.717) is 17.4 Å². The van der Waals surface area contributed by atoms with Crippen molar-refractivity contribution in [1.82, 2.24) is 0 Å². The van der Waals surface area contributed by atoms with Crippen molar-refractivity contribution in [3.05, 3.63) is 28.8 Å². The minimum absolute atomic E-state index is 0.0246. The van der Waals surface area contributed by atoms with E-state index >= 15 is 0 Å². The first-order valence-corrected chi connectivity index (χ1v) is 5.14. The van der Waals surface area contributed by atoms with Crippen LogP contribution in [0.5, 0.6) is 5.75 Å². The summed E-state index contributed by atoms with van der Waals surface area (Å²) >= 11 is 0. The molecule has 0 bridgehead atoms. The number of carbonyl (C=O) groups is 1. The smallest absolute Gasteiger partial charge is 0.153 e. The molecule has 82 valence electrons. The average molecular weight is 207 g/mol. The van der Waals surface area contributed by atoms with Crippen LogP contribution in [0.15, 0.2) is 12.1 Å². The number of rotatable bonds is 4. The number of aromatic hydroxyl groups is 1. The van der Waals surface area contributed by atoms with Crippen LogP contribution in [-0.2, 0) is 0 Å². The minimum Gasteiger partial charge on any atom is -0.507 e. The molecule has 1 aromatic rings. The van der Waals surface area contributed by atoms with Gasteiger partial charge in [0.15, 0.2) is 6.29 Å². The van der Waals surface area contributed by atoms with Gasteiger partial charge in [0.1, 0.15) is 5.75 Å². The number of benzene rings is 1.